The molecule has 3 nitrogen and oxygen atoms in total. The highest BCUT2D eigenvalue weighted by molar-refractivity contribution is 5.85. The zero-order valence-corrected chi connectivity index (χ0v) is 10.4. The summed E-state index contributed by atoms with van der Waals surface area (Å²) in [5, 5.41) is 6.23. The number of Topliss-reactive ketones (excluding diaryl/α,β-unsaturated/α-hetero) is 1. The third-order valence-electron chi connectivity index (χ3n) is 2.36. The van der Waals surface area contributed by atoms with Gasteiger partial charge in [-0.1, -0.05) is 20.4 Å². The molecule has 0 saturated carbocycles. The Morgan fingerprint density at radius 3 is 2.40 bits per heavy atom. The summed E-state index contributed by atoms with van der Waals surface area (Å²) in [5.41, 5.74) is 0.978. The van der Waals surface area contributed by atoms with Crippen molar-refractivity contribution in [2.75, 3.05) is 13.6 Å². The lowest BCUT2D eigenvalue weighted by atomic mass is 9.98. The van der Waals surface area contributed by atoms with E-state index in [0.29, 0.717) is 5.78 Å². The number of ketones is 1. The summed E-state index contributed by atoms with van der Waals surface area (Å²) >= 11 is 0. The van der Waals surface area contributed by atoms with Crippen molar-refractivity contribution in [1.29, 1.82) is 0 Å². The predicted molar refractivity (Wildman–Crippen MR) is 64.7 cm³/mol. The van der Waals surface area contributed by atoms with E-state index in [0.717, 1.165) is 25.1 Å². The van der Waals surface area contributed by atoms with E-state index in [2.05, 4.69) is 17.2 Å². The van der Waals surface area contributed by atoms with Crippen LogP contribution in [0.5, 0.6) is 0 Å². The minimum absolute atomic E-state index is 0.00285. The van der Waals surface area contributed by atoms with Crippen molar-refractivity contribution >= 4 is 5.78 Å². The second-order valence-corrected chi connectivity index (χ2v) is 4.25. The Bertz CT molecular complexity index is 212. The molecule has 1 atom stereocenters. The van der Waals surface area contributed by atoms with Crippen molar-refractivity contribution in [3.05, 3.63) is 12.3 Å². The number of rotatable bonds is 8. The first kappa shape index (κ1) is 14.2. The van der Waals surface area contributed by atoms with Crippen LogP contribution in [0.1, 0.15) is 33.6 Å². The molecule has 0 aliphatic heterocycles. The molecule has 2 N–H and O–H groups in total. The van der Waals surface area contributed by atoms with Crippen LogP contribution in [-0.2, 0) is 4.79 Å². The van der Waals surface area contributed by atoms with Crippen LogP contribution >= 0.6 is 0 Å². The molecule has 0 aromatic heterocycles. The standard InChI is InChI=1S/C12H24N2O/c1-9(2)12(15)11(13-5)7-6-8-14-10(3)4/h9,11,13-14H,3,6-8H2,1-2,4-5H3/t11-/m1/s1. The molecular formula is C12H24N2O. The molecule has 0 saturated heterocycles. The SMILES string of the molecule is C=C(C)NCCC[C@@H](NC)C(=O)C(C)C. The zero-order chi connectivity index (χ0) is 11.8. The normalized spacial score (nSPS) is 12.6. The Balaban J connectivity index is 3.80. The first-order valence-corrected chi connectivity index (χ1v) is 5.59. The maximum atomic E-state index is 11.7. The van der Waals surface area contributed by atoms with Crippen molar-refractivity contribution in [1.82, 2.24) is 10.6 Å². The number of carbonyl (C=O) groups is 1. The molecule has 0 spiro atoms. The van der Waals surface area contributed by atoms with E-state index in [1.165, 1.54) is 0 Å². The Labute approximate surface area is 93.3 Å². The summed E-state index contributed by atoms with van der Waals surface area (Å²) in [6.07, 6.45) is 1.87. The smallest absolute Gasteiger partial charge is 0.152 e. The van der Waals surface area contributed by atoms with Crippen LogP contribution in [0.3, 0.4) is 0 Å². The van der Waals surface area contributed by atoms with E-state index in [-0.39, 0.29) is 12.0 Å². The second-order valence-electron chi connectivity index (χ2n) is 4.25. The molecule has 15 heavy (non-hydrogen) atoms. The second kappa shape index (κ2) is 7.46. The van der Waals surface area contributed by atoms with E-state index < -0.39 is 0 Å². The number of nitrogens with one attached hydrogen (secondary N) is 2. The van der Waals surface area contributed by atoms with Crippen molar-refractivity contribution in [2.24, 2.45) is 5.92 Å². The summed E-state index contributed by atoms with van der Waals surface area (Å²) in [6.45, 7) is 10.5. The molecule has 0 aliphatic rings. The minimum Gasteiger partial charge on any atom is -0.389 e. The van der Waals surface area contributed by atoms with Crippen molar-refractivity contribution in [3.63, 3.8) is 0 Å². The molecule has 0 amide bonds. The lowest BCUT2D eigenvalue weighted by Crippen LogP contribution is -2.37. The fourth-order valence-corrected chi connectivity index (χ4v) is 1.44. The monoisotopic (exact) mass is 212 g/mol. The van der Waals surface area contributed by atoms with E-state index in [1.54, 1.807) is 0 Å². The Kier molecular flexibility index (Phi) is 7.05. The molecule has 0 bridgehead atoms. The number of likely N-dealkylation sites (N-methyl/N-ethyl adjacent to an activating group) is 1. The molecule has 0 aromatic rings. The van der Waals surface area contributed by atoms with Gasteiger partial charge in [0.15, 0.2) is 5.78 Å². The van der Waals surface area contributed by atoms with Crippen molar-refractivity contribution < 1.29 is 4.79 Å². The first-order chi connectivity index (χ1) is 6.99. The predicted octanol–water partition coefficient (Wildman–Crippen LogP) is 1.70. The van der Waals surface area contributed by atoms with Crippen LogP contribution in [0.15, 0.2) is 12.3 Å². The van der Waals surface area contributed by atoms with Crippen LogP contribution in [0, 0.1) is 5.92 Å². The molecule has 3 heteroatoms. The molecule has 0 unspecified atom stereocenters. The topological polar surface area (TPSA) is 41.1 Å². The number of hydrogen-bond donors (Lipinski definition) is 2. The largest absolute Gasteiger partial charge is 0.389 e. The van der Waals surface area contributed by atoms with Gasteiger partial charge in [0.1, 0.15) is 0 Å². The maximum Gasteiger partial charge on any atom is 0.152 e. The lowest BCUT2D eigenvalue weighted by Gasteiger charge is -2.17. The molecule has 0 rings (SSSR count). The lowest BCUT2D eigenvalue weighted by molar-refractivity contribution is -0.124. The van der Waals surface area contributed by atoms with Gasteiger partial charge < -0.3 is 10.6 Å². The molecule has 0 heterocycles. The number of carbonyl (C=O) groups excluding carboxylic acids is 1. The minimum atomic E-state index is -0.00285. The van der Waals surface area contributed by atoms with Gasteiger partial charge in [-0.05, 0) is 26.8 Å². The van der Waals surface area contributed by atoms with E-state index in [4.69, 9.17) is 0 Å². The molecule has 0 aliphatic carbocycles. The van der Waals surface area contributed by atoms with Crippen LogP contribution in [-0.4, -0.2) is 25.4 Å². The number of hydrogen-bond acceptors (Lipinski definition) is 3. The highest BCUT2D eigenvalue weighted by Crippen LogP contribution is 2.05. The zero-order valence-electron chi connectivity index (χ0n) is 10.4. The molecule has 0 fully saturated rings. The molecule has 0 aromatic carbocycles. The molecule has 0 radical (unpaired) electrons. The average molecular weight is 212 g/mol. The van der Waals surface area contributed by atoms with Crippen molar-refractivity contribution in [2.45, 2.75) is 39.7 Å². The van der Waals surface area contributed by atoms with Gasteiger partial charge in [-0.3, -0.25) is 4.79 Å². The summed E-state index contributed by atoms with van der Waals surface area (Å²) < 4.78 is 0. The van der Waals surface area contributed by atoms with Gasteiger partial charge >= 0.3 is 0 Å². The first-order valence-electron chi connectivity index (χ1n) is 5.59. The van der Waals surface area contributed by atoms with Crippen LogP contribution in [0.25, 0.3) is 0 Å². The van der Waals surface area contributed by atoms with Gasteiger partial charge in [-0.25, -0.2) is 0 Å². The molecular weight excluding hydrogens is 188 g/mol. The third kappa shape index (κ3) is 6.28. The van der Waals surface area contributed by atoms with Gasteiger partial charge in [-0.2, -0.15) is 0 Å². The van der Waals surface area contributed by atoms with E-state index in [1.807, 2.05) is 27.8 Å². The van der Waals surface area contributed by atoms with Crippen LogP contribution in [0.2, 0.25) is 0 Å². The quantitative estimate of drug-likeness (QED) is 0.602. The average Bonchev–Trinajstić information content (AvgIpc) is 2.16. The highest BCUT2D eigenvalue weighted by atomic mass is 16.1. The van der Waals surface area contributed by atoms with E-state index in [9.17, 15) is 4.79 Å². The van der Waals surface area contributed by atoms with Gasteiger partial charge in [-0.15, -0.1) is 0 Å². The fourth-order valence-electron chi connectivity index (χ4n) is 1.44. The summed E-state index contributed by atoms with van der Waals surface area (Å²) in [4.78, 5) is 11.7. The summed E-state index contributed by atoms with van der Waals surface area (Å²) in [6, 6.07) is -0.00285. The molecule has 88 valence electrons. The van der Waals surface area contributed by atoms with Crippen molar-refractivity contribution in [3.8, 4) is 0 Å². The van der Waals surface area contributed by atoms with Gasteiger partial charge in [0, 0.05) is 18.2 Å². The van der Waals surface area contributed by atoms with Gasteiger partial charge in [0.05, 0.1) is 6.04 Å². The summed E-state index contributed by atoms with van der Waals surface area (Å²) in [5.74, 6) is 0.407. The fraction of sp³-hybridized carbons (Fsp3) is 0.750. The Hall–Kier alpha value is -0.830. The van der Waals surface area contributed by atoms with Gasteiger partial charge in [0.2, 0.25) is 0 Å². The Morgan fingerprint density at radius 1 is 1.40 bits per heavy atom. The van der Waals surface area contributed by atoms with Crippen LogP contribution in [0.4, 0.5) is 0 Å². The maximum absolute atomic E-state index is 11.7. The van der Waals surface area contributed by atoms with Crippen LogP contribution < -0.4 is 10.6 Å². The van der Waals surface area contributed by atoms with E-state index >= 15 is 0 Å². The summed E-state index contributed by atoms with van der Waals surface area (Å²) in [7, 11) is 1.84. The highest BCUT2D eigenvalue weighted by Gasteiger charge is 2.18. The van der Waals surface area contributed by atoms with Gasteiger partial charge in [0.25, 0.3) is 0 Å². The number of allylic oxidation sites excluding steroid dienone is 1. The Morgan fingerprint density at radius 2 is 2.00 bits per heavy atom. The third-order valence-corrected chi connectivity index (χ3v) is 2.36.